The second-order valence-electron chi connectivity index (χ2n) is 8.18. The Bertz CT molecular complexity index is 719. The third-order valence-corrected chi connectivity index (χ3v) is 5.83. The number of carbonyl (C=O) groups is 2. The molecule has 0 saturated carbocycles. The molecular formula is C31H60N4O3S. The van der Waals surface area contributed by atoms with Gasteiger partial charge < -0.3 is 19.9 Å². The predicted molar refractivity (Wildman–Crippen MR) is 175 cm³/mol. The van der Waals surface area contributed by atoms with E-state index in [1.165, 1.54) is 20.0 Å². The van der Waals surface area contributed by atoms with E-state index in [-0.39, 0.29) is 5.97 Å². The van der Waals surface area contributed by atoms with Crippen molar-refractivity contribution >= 4 is 29.2 Å². The fraction of sp³-hybridized carbons (Fsp3) is 0.645. The molecule has 228 valence electrons. The molecular weight excluding hydrogens is 508 g/mol. The van der Waals surface area contributed by atoms with Crippen LogP contribution in [0.5, 0.6) is 0 Å². The van der Waals surface area contributed by atoms with E-state index < -0.39 is 0 Å². The van der Waals surface area contributed by atoms with Crippen LogP contribution in [0.15, 0.2) is 40.7 Å². The molecule has 1 N–H and O–H groups in total. The maximum atomic E-state index is 11.4. The quantitative estimate of drug-likeness (QED) is 0.0964. The first-order chi connectivity index (χ1) is 18.6. The topological polar surface area (TPSA) is 74.2 Å². The molecule has 0 spiro atoms. The molecule has 0 radical (unpaired) electrons. The molecule has 0 fully saturated rings. The number of esters is 1. The molecule has 39 heavy (non-hydrogen) atoms. The van der Waals surface area contributed by atoms with Crippen LogP contribution in [0.1, 0.15) is 90.6 Å². The number of carbonyl (C=O) groups excluding carboxylic acids is 2. The second kappa shape index (κ2) is 33.9. The Morgan fingerprint density at radius 3 is 1.77 bits per heavy atom. The number of allylic oxidation sites excluding steroid dienone is 1. The third kappa shape index (κ3) is 30.2. The lowest BCUT2D eigenvalue weighted by molar-refractivity contribution is -0.116. The van der Waals surface area contributed by atoms with E-state index in [0.717, 1.165) is 61.1 Å². The van der Waals surface area contributed by atoms with Crippen molar-refractivity contribution in [2.75, 3.05) is 61.0 Å². The van der Waals surface area contributed by atoms with Crippen LogP contribution in [0, 0.1) is 0 Å². The highest BCUT2D eigenvalue weighted by molar-refractivity contribution is 8.17. The van der Waals surface area contributed by atoms with Crippen molar-refractivity contribution in [3.05, 3.63) is 46.9 Å². The minimum atomic E-state index is -0.332. The van der Waals surface area contributed by atoms with Crippen LogP contribution in [-0.4, -0.2) is 88.2 Å². The van der Waals surface area contributed by atoms with Crippen molar-refractivity contribution in [1.29, 1.82) is 0 Å². The summed E-state index contributed by atoms with van der Waals surface area (Å²) in [6, 6.07) is 7.28. The molecule has 0 aliphatic heterocycles. The highest BCUT2D eigenvalue weighted by Gasteiger charge is 2.08. The van der Waals surface area contributed by atoms with E-state index in [9.17, 15) is 9.59 Å². The summed E-state index contributed by atoms with van der Waals surface area (Å²) in [5.41, 5.74) is 1.52. The Hall–Kier alpha value is -2.16. The van der Waals surface area contributed by atoms with Gasteiger partial charge in [-0.2, -0.15) is 0 Å². The van der Waals surface area contributed by atoms with Crippen molar-refractivity contribution in [2.45, 2.75) is 74.7 Å². The van der Waals surface area contributed by atoms with Crippen molar-refractivity contribution in [2.24, 2.45) is 4.99 Å². The van der Waals surface area contributed by atoms with Gasteiger partial charge in [0.25, 0.3) is 0 Å². The Morgan fingerprint density at radius 2 is 1.49 bits per heavy atom. The number of amides is 1. The largest absolute Gasteiger partial charge is 0.465 e. The summed E-state index contributed by atoms with van der Waals surface area (Å²) in [6.45, 7) is 25.3. The zero-order valence-electron chi connectivity index (χ0n) is 27.2. The summed E-state index contributed by atoms with van der Waals surface area (Å²) >= 11 is 1.55. The van der Waals surface area contributed by atoms with Crippen LogP contribution in [0.4, 0.5) is 0 Å². The Balaban J connectivity index is -0.000000277. The maximum Gasteiger partial charge on any atom is 0.337 e. The van der Waals surface area contributed by atoms with Gasteiger partial charge >= 0.3 is 5.97 Å². The van der Waals surface area contributed by atoms with Crippen LogP contribution in [0.3, 0.4) is 0 Å². The molecule has 0 aromatic heterocycles. The smallest absolute Gasteiger partial charge is 0.337 e. The zero-order chi connectivity index (χ0) is 31.1. The van der Waals surface area contributed by atoms with Gasteiger partial charge in [0.1, 0.15) is 5.04 Å². The molecule has 1 amide bonds. The highest BCUT2D eigenvalue weighted by Crippen LogP contribution is 2.21. The molecule has 0 aliphatic carbocycles. The molecule has 1 aromatic carbocycles. The fourth-order valence-electron chi connectivity index (χ4n) is 1.95. The van der Waals surface area contributed by atoms with Gasteiger partial charge in [-0.3, -0.25) is 9.79 Å². The zero-order valence-corrected chi connectivity index (χ0v) is 28.0. The third-order valence-electron chi connectivity index (χ3n) is 4.92. The van der Waals surface area contributed by atoms with E-state index in [4.69, 9.17) is 4.74 Å². The van der Waals surface area contributed by atoms with Gasteiger partial charge in [0.15, 0.2) is 0 Å². The lowest BCUT2D eigenvalue weighted by Gasteiger charge is -2.07. The van der Waals surface area contributed by atoms with E-state index >= 15 is 0 Å². The summed E-state index contributed by atoms with van der Waals surface area (Å²) in [5.74, 6) is -0.332. The van der Waals surface area contributed by atoms with Crippen LogP contribution >= 0.6 is 11.8 Å². The minimum absolute atomic E-state index is 0.332. The molecule has 1 aromatic rings. The summed E-state index contributed by atoms with van der Waals surface area (Å²) in [5, 5.41) is 4.03. The molecule has 0 unspecified atom stereocenters. The number of methoxy groups -OCH3 is 1. The number of benzene rings is 1. The molecule has 0 saturated heterocycles. The van der Waals surface area contributed by atoms with Crippen molar-refractivity contribution in [3.8, 4) is 0 Å². The number of nitrogens with zero attached hydrogens (tertiary/aromatic N) is 3. The number of unbranched alkanes of at least 4 members (excludes halogenated alkanes) is 1. The lowest BCUT2D eigenvalue weighted by atomic mass is 10.1. The molecule has 0 aliphatic rings. The molecule has 0 bridgehead atoms. The number of hydrogen-bond acceptors (Lipinski definition) is 7. The molecule has 1 rings (SSSR count). The Kier molecular flexibility index (Phi) is 38.1. The first kappa shape index (κ1) is 43.9. The number of hydrogen-bond donors (Lipinski definition) is 1. The summed E-state index contributed by atoms with van der Waals surface area (Å²) in [7, 11) is 7.16. The SMILES string of the molecule is C=C(C)SC(=NCCCNC)c1ccc(C(=O)OC)cc1.CC.CCCC.CCN(C)C=O.CCN(C)CC. The molecule has 0 atom stereocenters. The minimum Gasteiger partial charge on any atom is -0.465 e. The van der Waals surface area contributed by atoms with Gasteiger partial charge in [0.2, 0.25) is 6.41 Å². The number of aliphatic imine (C=N–C) groups is 1. The first-order valence-electron chi connectivity index (χ1n) is 14.2. The fourth-order valence-corrected chi connectivity index (χ4v) is 2.69. The first-order valence-corrected chi connectivity index (χ1v) is 15.0. The maximum absolute atomic E-state index is 11.4. The average Bonchev–Trinajstić information content (AvgIpc) is 2.99. The Morgan fingerprint density at radius 1 is 1.00 bits per heavy atom. The van der Waals surface area contributed by atoms with Gasteiger partial charge in [0, 0.05) is 25.7 Å². The van der Waals surface area contributed by atoms with Crippen LogP contribution in [0.25, 0.3) is 0 Å². The predicted octanol–water partition coefficient (Wildman–Crippen LogP) is 6.98. The van der Waals surface area contributed by atoms with Crippen LogP contribution < -0.4 is 5.32 Å². The molecule has 8 heteroatoms. The number of nitrogens with one attached hydrogen (secondary N) is 1. The monoisotopic (exact) mass is 568 g/mol. The van der Waals surface area contributed by atoms with Crippen LogP contribution in [-0.2, 0) is 9.53 Å². The average molecular weight is 569 g/mol. The standard InChI is InChI=1S/C16H22N2O2S.C5H13N.C4H9NO.C4H10.C2H6/c1-12(2)21-15(18-11-5-10-17-3)13-6-8-14(9-7-13)16(19)20-4;1-4-6(3)5-2;1-3-5(2)4-6;1-3-4-2;1-2/h6-9,17H,1,5,10-11H2,2-4H3;4-5H2,1-3H3;4H,3H2,1-2H3;3-4H2,1-2H3;1-2H3. The van der Waals surface area contributed by atoms with Gasteiger partial charge in [-0.25, -0.2) is 4.79 Å². The number of rotatable bonds is 12. The van der Waals surface area contributed by atoms with E-state index in [1.54, 1.807) is 35.8 Å². The molecule has 7 nitrogen and oxygen atoms in total. The van der Waals surface area contributed by atoms with Crippen molar-refractivity contribution < 1.29 is 14.3 Å². The van der Waals surface area contributed by atoms with E-state index in [2.05, 4.69) is 56.5 Å². The Labute approximate surface area is 245 Å². The normalized spacial score (nSPS) is 9.72. The van der Waals surface area contributed by atoms with Gasteiger partial charge in [-0.1, -0.05) is 84.9 Å². The summed E-state index contributed by atoms with van der Waals surface area (Å²) < 4.78 is 4.70. The van der Waals surface area contributed by atoms with E-state index in [1.807, 2.05) is 46.9 Å². The molecule has 0 heterocycles. The summed E-state index contributed by atoms with van der Waals surface area (Å²) in [6.07, 6.45) is 4.43. The van der Waals surface area contributed by atoms with Crippen molar-refractivity contribution in [3.63, 3.8) is 0 Å². The highest BCUT2D eigenvalue weighted by atomic mass is 32.2. The van der Waals surface area contributed by atoms with Crippen LogP contribution in [0.2, 0.25) is 0 Å². The lowest BCUT2D eigenvalue weighted by Crippen LogP contribution is -2.15. The number of thioether (sulfide) groups is 1. The second-order valence-corrected chi connectivity index (χ2v) is 9.47. The number of ether oxygens (including phenoxy) is 1. The van der Waals surface area contributed by atoms with Crippen molar-refractivity contribution in [1.82, 2.24) is 15.1 Å². The summed E-state index contributed by atoms with van der Waals surface area (Å²) in [4.78, 5) is 30.5. The van der Waals surface area contributed by atoms with Gasteiger partial charge in [0.05, 0.1) is 12.7 Å². The van der Waals surface area contributed by atoms with Gasteiger partial charge in [-0.05, 0) is 71.0 Å². The van der Waals surface area contributed by atoms with E-state index in [0.29, 0.717) is 5.56 Å². The van der Waals surface area contributed by atoms with Gasteiger partial charge in [-0.15, -0.1) is 0 Å².